The number of carbonyl (C=O) groups excluding carboxylic acids is 1. The lowest BCUT2D eigenvalue weighted by Gasteiger charge is -2.31. The minimum absolute atomic E-state index is 0.0177. The summed E-state index contributed by atoms with van der Waals surface area (Å²) >= 11 is 0. The molecule has 0 spiro atoms. The third-order valence-corrected chi connectivity index (χ3v) is 6.16. The summed E-state index contributed by atoms with van der Waals surface area (Å²) in [6.07, 6.45) is 4.40. The molecule has 0 saturated carbocycles. The Kier molecular flexibility index (Phi) is 7.38. The molecule has 1 fully saturated rings. The first-order valence-electron chi connectivity index (χ1n) is 8.98. The largest absolute Gasteiger partial charge is 0.333 e. The molecule has 1 atom stereocenters. The average Bonchev–Trinajstić information content (AvgIpc) is 2.80. The van der Waals surface area contributed by atoms with E-state index in [-0.39, 0.29) is 23.6 Å². The van der Waals surface area contributed by atoms with Crippen molar-refractivity contribution in [3.05, 3.63) is 30.1 Å². The number of hydrogen-bond acceptors (Lipinski definition) is 5. The van der Waals surface area contributed by atoms with Crippen LogP contribution in [0.15, 0.2) is 24.4 Å². The summed E-state index contributed by atoms with van der Waals surface area (Å²) in [4.78, 5) is 18.9. The third kappa shape index (κ3) is 6.74. The molecule has 6 nitrogen and oxygen atoms in total. The fraction of sp³-hybridized carbons (Fsp3) is 0.667. The fourth-order valence-electron chi connectivity index (χ4n) is 3.24. The quantitative estimate of drug-likeness (QED) is 0.792. The molecule has 1 saturated heterocycles. The molecular formula is C18H29N3O3S. The maximum absolute atomic E-state index is 12.9. The highest BCUT2D eigenvalue weighted by Crippen LogP contribution is 2.17. The Morgan fingerprint density at radius 1 is 1.32 bits per heavy atom. The van der Waals surface area contributed by atoms with E-state index < -0.39 is 15.6 Å². The molecule has 140 valence electrons. The van der Waals surface area contributed by atoms with Gasteiger partial charge in [0.15, 0.2) is 9.84 Å². The highest BCUT2D eigenvalue weighted by molar-refractivity contribution is 7.92. The van der Waals surface area contributed by atoms with Crippen molar-refractivity contribution in [3.8, 4) is 0 Å². The van der Waals surface area contributed by atoms with Gasteiger partial charge in [0.05, 0.1) is 18.0 Å². The zero-order valence-electron chi connectivity index (χ0n) is 15.1. The first-order chi connectivity index (χ1) is 11.9. The van der Waals surface area contributed by atoms with E-state index in [4.69, 9.17) is 0 Å². The van der Waals surface area contributed by atoms with Gasteiger partial charge in [0, 0.05) is 12.2 Å². The van der Waals surface area contributed by atoms with Crippen LogP contribution in [0.3, 0.4) is 0 Å². The van der Waals surface area contributed by atoms with Crippen LogP contribution in [0.2, 0.25) is 0 Å². The molecule has 2 heterocycles. The van der Waals surface area contributed by atoms with Gasteiger partial charge in [0.1, 0.15) is 5.75 Å². The van der Waals surface area contributed by atoms with Crippen LogP contribution in [0.4, 0.5) is 0 Å². The summed E-state index contributed by atoms with van der Waals surface area (Å²) in [5, 5.41) is 3.34. The van der Waals surface area contributed by atoms with Gasteiger partial charge >= 0.3 is 0 Å². The summed E-state index contributed by atoms with van der Waals surface area (Å²) < 4.78 is 24.6. The molecule has 0 bridgehead atoms. The van der Waals surface area contributed by atoms with Crippen molar-refractivity contribution < 1.29 is 13.2 Å². The number of hydrogen-bond donors (Lipinski definition) is 1. The maximum Gasteiger partial charge on any atom is 0.238 e. The Bertz CT molecular complexity index is 639. The molecule has 1 aromatic rings. The van der Waals surface area contributed by atoms with Crippen LogP contribution in [0, 0.1) is 5.92 Å². The Morgan fingerprint density at radius 2 is 2.12 bits per heavy atom. The van der Waals surface area contributed by atoms with Crippen molar-refractivity contribution >= 4 is 15.7 Å². The lowest BCUT2D eigenvalue weighted by Crippen LogP contribution is -2.43. The number of rotatable bonds is 7. The van der Waals surface area contributed by atoms with Crippen LogP contribution in [0.5, 0.6) is 0 Å². The molecule has 0 radical (unpaired) electrons. The minimum Gasteiger partial charge on any atom is -0.333 e. The van der Waals surface area contributed by atoms with Gasteiger partial charge in [-0.25, -0.2) is 8.42 Å². The third-order valence-electron chi connectivity index (χ3n) is 4.30. The number of pyridine rings is 1. The SMILES string of the molecule is CC(C)CS(=O)(=O)CC(=O)N(Cc1ccccn1)C1CCCNCC1. The van der Waals surface area contributed by atoms with Crippen molar-refractivity contribution in [2.24, 2.45) is 5.92 Å². The summed E-state index contributed by atoms with van der Waals surface area (Å²) in [5.41, 5.74) is 0.786. The molecule has 1 N–H and O–H groups in total. The van der Waals surface area contributed by atoms with Crippen LogP contribution in [-0.4, -0.2) is 54.8 Å². The average molecular weight is 368 g/mol. The minimum atomic E-state index is -3.39. The second-order valence-electron chi connectivity index (χ2n) is 7.13. The predicted octanol–water partition coefficient (Wildman–Crippen LogP) is 1.62. The van der Waals surface area contributed by atoms with Crippen LogP contribution >= 0.6 is 0 Å². The second-order valence-corrected chi connectivity index (χ2v) is 9.24. The van der Waals surface area contributed by atoms with E-state index in [0.717, 1.165) is 38.0 Å². The zero-order valence-corrected chi connectivity index (χ0v) is 16.0. The molecule has 1 aromatic heterocycles. The first kappa shape index (κ1) is 19.8. The van der Waals surface area contributed by atoms with E-state index in [9.17, 15) is 13.2 Å². The van der Waals surface area contributed by atoms with Crippen molar-refractivity contribution in [3.63, 3.8) is 0 Å². The maximum atomic E-state index is 12.9. The van der Waals surface area contributed by atoms with Gasteiger partial charge in [-0.2, -0.15) is 0 Å². The fourth-order valence-corrected chi connectivity index (χ4v) is 4.91. The van der Waals surface area contributed by atoms with Gasteiger partial charge in [-0.05, 0) is 50.4 Å². The smallest absolute Gasteiger partial charge is 0.238 e. The Hall–Kier alpha value is -1.47. The molecule has 25 heavy (non-hydrogen) atoms. The zero-order chi connectivity index (χ0) is 18.3. The number of amides is 1. The summed E-state index contributed by atoms with van der Waals surface area (Å²) in [6, 6.07) is 5.64. The monoisotopic (exact) mass is 367 g/mol. The van der Waals surface area contributed by atoms with E-state index >= 15 is 0 Å². The molecule has 0 aromatic carbocycles. The molecule has 7 heteroatoms. The molecular weight excluding hydrogens is 338 g/mol. The van der Waals surface area contributed by atoms with Gasteiger partial charge in [0.2, 0.25) is 5.91 Å². The number of carbonyl (C=O) groups is 1. The van der Waals surface area contributed by atoms with Gasteiger partial charge < -0.3 is 10.2 Å². The molecule has 2 rings (SSSR count). The van der Waals surface area contributed by atoms with Crippen LogP contribution in [-0.2, 0) is 21.2 Å². The highest BCUT2D eigenvalue weighted by Gasteiger charge is 2.28. The topological polar surface area (TPSA) is 79.4 Å². The molecule has 1 aliphatic rings. The number of nitrogens with zero attached hydrogens (tertiary/aromatic N) is 2. The van der Waals surface area contributed by atoms with Crippen molar-refractivity contribution in [2.75, 3.05) is 24.6 Å². The number of nitrogens with one attached hydrogen (secondary N) is 1. The van der Waals surface area contributed by atoms with Gasteiger partial charge in [0.25, 0.3) is 0 Å². The second kappa shape index (κ2) is 9.29. The molecule has 1 unspecified atom stereocenters. The van der Waals surface area contributed by atoms with E-state index in [1.807, 2.05) is 32.0 Å². The highest BCUT2D eigenvalue weighted by atomic mass is 32.2. The van der Waals surface area contributed by atoms with E-state index in [1.54, 1.807) is 11.1 Å². The summed E-state index contributed by atoms with van der Waals surface area (Å²) in [7, 11) is -3.39. The Balaban J connectivity index is 2.16. The Labute approximate surface area is 150 Å². The van der Waals surface area contributed by atoms with Crippen molar-refractivity contribution in [1.82, 2.24) is 15.2 Å². The van der Waals surface area contributed by atoms with Gasteiger partial charge in [-0.1, -0.05) is 19.9 Å². The lowest BCUT2D eigenvalue weighted by molar-refractivity contribution is -0.131. The number of aromatic nitrogens is 1. The van der Waals surface area contributed by atoms with E-state index in [1.165, 1.54) is 0 Å². The number of sulfone groups is 1. The van der Waals surface area contributed by atoms with Gasteiger partial charge in [-0.3, -0.25) is 9.78 Å². The standard InChI is InChI=1S/C18H29N3O3S/c1-15(2)13-25(23,24)14-18(22)21(12-16-6-3-4-10-20-16)17-7-5-9-19-11-8-17/h3-4,6,10,15,17,19H,5,7-9,11-14H2,1-2H3. The van der Waals surface area contributed by atoms with Crippen LogP contribution in [0.25, 0.3) is 0 Å². The van der Waals surface area contributed by atoms with E-state index in [2.05, 4.69) is 10.3 Å². The normalized spacial score (nSPS) is 18.8. The molecule has 1 aliphatic heterocycles. The predicted molar refractivity (Wildman–Crippen MR) is 98.8 cm³/mol. The van der Waals surface area contributed by atoms with Crippen LogP contribution < -0.4 is 5.32 Å². The van der Waals surface area contributed by atoms with Crippen molar-refractivity contribution in [2.45, 2.75) is 45.7 Å². The summed E-state index contributed by atoms with van der Waals surface area (Å²) in [5.74, 6) is -0.660. The molecule has 0 aliphatic carbocycles. The first-order valence-corrected chi connectivity index (χ1v) is 10.8. The Morgan fingerprint density at radius 3 is 2.80 bits per heavy atom. The lowest BCUT2D eigenvalue weighted by atomic mass is 10.1. The van der Waals surface area contributed by atoms with Crippen LogP contribution in [0.1, 0.15) is 38.8 Å². The summed E-state index contributed by atoms with van der Waals surface area (Å²) in [6.45, 7) is 5.85. The van der Waals surface area contributed by atoms with E-state index in [0.29, 0.717) is 6.54 Å². The van der Waals surface area contributed by atoms with Crippen molar-refractivity contribution in [1.29, 1.82) is 0 Å². The van der Waals surface area contributed by atoms with Gasteiger partial charge in [-0.15, -0.1) is 0 Å². The molecule has 1 amide bonds.